The van der Waals surface area contributed by atoms with E-state index in [-0.39, 0.29) is 5.92 Å². The zero-order valence-corrected chi connectivity index (χ0v) is 16.7. The lowest BCUT2D eigenvalue weighted by atomic mass is 9.82. The number of nitrogens with two attached hydrogens (primary N) is 1. The van der Waals surface area contributed by atoms with E-state index in [1.807, 2.05) is 34.9 Å². The van der Waals surface area contributed by atoms with E-state index in [0.29, 0.717) is 18.2 Å². The van der Waals surface area contributed by atoms with Gasteiger partial charge in [-0.2, -0.15) is 0 Å². The number of ether oxygens (including phenoxy) is 1. The first kappa shape index (κ1) is 17.7. The smallest absolute Gasteiger partial charge is 0.306 e. The van der Waals surface area contributed by atoms with Gasteiger partial charge in [-0.1, -0.05) is 71.7 Å². The minimum Gasteiger partial charge on any atom is -0.466 e. The van der Waals surface area contributed by atoms with E-state index in [0.717, 1.165) is 39.0 Å². The van der Waals surface area contributed by atoms with Gasteiger partial charge in [0.15, 0.2) is 0 Å². The number of benzene rings is 3. The van der Waals surface area contributed by atoms with Crippen molar-refractivity contribution in [3.63, 3.8) is 0 Å². The summed E-state index contributed by atoms with van der Waals surface area (Å²) in [6.07, 6.45) is 3.38. The van der Waals surface area contributed by atoms with Crippen LogP contribution in [0.25, 0.3) is 10.8 Å². The molecule has 3 aromatic carbocycles. The van der Waals surface area contributed by atoms with Gasteiger partial charge in [-0.25, -0.2) is 4.57 Å². The van der Waals surface area contributed by atoms with Crippen LogP contribution >= 0.6 is 0 Å². The quantitative estimate of drug-likeness (QED) is 0.419. The summed E-state index contributed by atoms with van der Waals surface area (Å²) in [4.78, 5) is 4.66. The number of nitrogen functional groups attached to an aromatic ring is 1. The van der Waals surface area contributed by atoms with Crippen LogP contribution in [-0.2, 0) is 6.54 Å². The highest BCUT2D eigenvalue weighted by Gasteiger charge is 2.37. The molecule has 0 unspecified atom stereocenters. The van der Waals surface area contributed by atoms with Crippen molar-refractivity contribution in [1.82, 2.24) is 4.98 Å². The maximum atomic E-state index is 6.72. The fourth-order valence-corrected chi connectivity index (χ4v) is 4.41. The fourth-order valence-electron chi connectivity index (χ4n) is 4.41. The lowest BCUT2D eigenvalue weighted by molar-refractivity contribution is -0.679. The van der Waals surface area contributed by atoms with E-state index in [4.69, 9.17) is 14.9 Å². The SMILES string of the molecule is Nc1c2c(nc[n+]1Cc1ccco1)Oc1c(ccc3ccccc13)[C@H]2c1ccccc1. The van der Waals surface area contributed by atoms with Gasteiger partial charge in [0, 0.05) is 10.9 Å². The number of aromatic nitrogens is 2. The van der Waals surface area contributed by atoms with E-state index in [9.17, 15) is 0 Å². The van der Waals surface area contributed by atoms with Crippen molar-refractivity contribution in [2.24, 2.45) is 0 Å². The van der Waals surface area contributed by atoms with Crippen LogP contribution in [0.4, 0.5) is 5.82 Å². The Bertz CT molecular complexity index is 1400. The highest BCUT2D eigenvalue weighted by molar-refractivity contribution is 5.91. The van der Waals surface area contributed by atoms with E-state index in [1.165, 1.54) is 0 Å². The van der Waals surface area contributed by atoms with Crippen molar-refractivity contribution in [2.75, 3.05) is 5.73 Å². The number of fused-ring (bicyclic) bond motifs is 4. The molecule has 1 aliphatic heterocycles. The number of rotatable bonds is 3. The number of anilines is 1. The Morgan fingerprint density at radius 2 is 1.74 bits per heavy atom. The molecule has 31 heavy (non-hydrogen) atoms. The van der Waals surface area contributed by atoms with Gasteiger partial charge in [-0.05, 0) is 23.1 Å². The van der Waals surface area contributed by atoms with E-state index >= 15 is 0 Å². The number of hydrogen-bond acceptors (Lipinski definition) is 4. The molecule has 150 valence electrons. The summed E-state index contributed by atoms with van der Waals surface area (Å²) in [5, 5.41) is 2.20. The summed E-state index contributed by atoms with van der Waals surface area (Å²) in [5.41, 5.74) is 9.83. The molecule has 0 aliphatic carbocycles. The first-order chi connectivity index (χ1) is 15.3. The Balaban J connectivity index is 1.59. The minimum atomic E-state index is -0.0823. The van der Waals surface area contributed by atoms with Crippen LogP contribution in [0, 0.1) is 0 Å². The third kappa shape index (κ3) is 2.86. The zero-order chi connectivity index (χ0) is 20.8. The monoisotopic (exact) mass is 406 g/mol. The van der Waals surface area contributed by atoms with Gasteiger partial charge in [-0.15, -0.1) is 0 Å². The molecule has 6 rings (SSSR count). The van der Waals surface area contributed by atoms with Gasteiger partial charge >= 0.3 is 5.88 Å². The molecule has 3 heterocycles. The molecule has 1 aliphatic rings. The van der Waals surface area contributed by atoms with Crippen molar-refractivity contribution in [3.05, 3.63) is 114 Å². The molecule has 2 aromatic heterocycles. The predicted molar refractivity (Wildman–Crippen MR) is 118 cm³/mol. The molecule has 1 atom stereocenters. The van der Waals surface area contributed by atoms with Gasteiger partial charge in [0.25, 0.3) is 0 Å². The average Bonchev–Trinajstić information content (AvgIpc) is 3.33. The first-order valence-corrected chi connectivity index (χ1v) is 10.2. The molecule has 0 saturated carbocycles. The molecule has 0 radical (unpaired) electrons. The summed E-state index contributed by atoms with van der Waals surface area (Å²) in [5.74, 6) is 2.74. The van der Waals surface area contributed by atoms with Crippen LogP contribution in [0.5, 0.6) is 11.6 Å². The number of nitrogens with zero attached hydrogens (tertiary/aromatic N) is 2. The third-order valence-corrected chi connectivity index (χ3v) is 5.88. The van der Waals surface area contributed by atoms with Crippen molar-refractivity contribution < 1.29 is 13.7 Å². The van der Waals surface area contributed by atoms with Crippen molar-refractivity contribution in [3.8, 4) is 11.6 Å². The van der Waals surface area contributed by atoms with Crippen molar-refractivity contribution in [1.29, 1.82) is 0 Å². The van der Waals surface area contributed by atoms with E-state index < -0.39 is 0 Å². The summed E-state index contributed by atoms with van der Waals surface area (Å²) >= 11 is 0. The Morgan fingerprint density at radius 3 is 2.58 bits per heavy atom. The van der Waals surface area contributed by atoms with Crippen LogP contribution < -0.4 is 15.0 Å². The molecule has 5 aromatic rings. The largest absolute Gasteiger partial charge is 0.466 e. The second-order valence-electron chi connectivity index (χ2n) is 7.71. The Kier molecular flexibility index (Phi) is 3.99. The molecule has 0 saturated heterocycles. The number of furan rings is 1. The molecule has 0 spiro atoms. The minimum absolute atomic E-state index is 0.0823. The first-order valence-electron chi connectivity index (χ1n) is 10.2. The Labute approximate surface area is 179 Å². The Hall–Kier alpha value is -4.12. The van der Waals surface area contributed by atoms with Crippen LogP contribution in [0.1, 0.15) is 28.4 Å². The summed E-state index contributed by atoms with van der Waals surface area (Å²) in [6.45, 7) is 0.505. The van der Waals surface area contributed by atoms with Gasteiger partial charge in [-0.3, -0.25) is 0 Å². The highest BCUT2D eigenvalue weighted by atomic mass is 16.5. The zero-order valence-electron chi connectivity index (χ0n) is 16.7. The lowest BCUT2D eigenvalue weighted by Gasteiger charge is -2.28. The third-order valence-electron chi connectivity index (χ3n) is 5.88. The van der Waals surface area contributed by atoms with Gasteiger partial charge in [0.05, 0.1) is 12.2 Å². The van der Waals surface area contributed by atoms with Gasteiger partial charge < -0.3 is 14.9 Å². The molecule has 2 N–H and O–H groups in total. The van der Waals surface area contributed by atoms with Crippen LogP contribution in [0.2, 0.25) is 0 Å². The molecule has 0 amide bonds. The summed E-state index contributed by atoms with van der Waals surface area (Å²) < 4.78 is 13.8. The van der Waals surface area contributed by atoms with Crippen LogP contribution in [0.15, 0.2) is 95.9 Å². The molecule has 5 nitrogen and oxygen atoms in total. The molecular formula is C26H20N3O2+. The standard InChI is InChI=1S/C26H19N3O2/c27-25-23-22(18-8-2-1-3-9-18)21-13-12-17-7-4-5-11-20(17)24(21)31-26(23)28-16-29(25)15-19-10-6-14-30-19/h1-14,16,22,27H,15H2/p+1/t22-/m1/s1. The topological polar surface area (TPSA) is 65.2 Å². The van der Waals surface area contributed by atoms with Crippen LogP contribution in [0.3, 0.4) is 0 Å². The highest BCUT2D eigenvalue weighted by Crippen LogP contribution is 2.50. The molecule has 0 bridgehead atoms. The second-order valence-corrected chi connectivity index (χ2v) is 7.71. The maximum Gasteiger partial charge on any atom is 0.306 e. The summed E-state index contributed by atoms with van der Waals surface area (Å²) in [6, 6.07) is 26.7. The molecular weight excluding hydrogens is 386 g/mol. The maximum absolute atomic E-state index is 6.72. The summed E-state index contributed by atoms with van der Waals surface area (Å²) in [7, 11) is 0. The van der Waals surface area contributed by atoms with E-state index in [1.54, 1.807) is 12.6 Å². The van der Waals surface area contributed by atoms with Crippen molar-refractivity contribution in [2.45, 2.75) is 12.5 Å². The normalized spacial score (nSPS) is 14.6. The Morgan fingerprint density at radius 1 is 0.903 bits per heavy atom. The van der Waals surface area contributed by atoms with Gasteiger partial charge in [0.2, 0.25) is 12.1 Å². The second kappa shape index (κ2) is 6.99. The van der Waals surface area contributed by atoms with Gasteiger partial charge in [0.1, 0.15) is 23.6 Å². The van der Waals surface area contributed by atoms with Crippen molar-refractivity contribution >= 4 is 16.6 Å². The number of hydrogen-bond donors (Lipinski definition) is 1. The lowest BCUT2D eigenvalue weighted by Crippen LogP contribution is -2.40. The fraction of sp³-hybridized carbons (Fsp3) is 0.0769. The molecule has 5 heteroatoms. The molecule has 0 fully saturated rings. The van der Waals surface area contributed by atoms with Crippen LogP contribution in [-0.4, -0.2) is 4.98 Å². The predicted octanol–water partition coefficient (Wildman–Crippen LogP) is 5.03. The average molecular weight is 406 g/mol. The van der Waals surface area contributed by atoms with E-state index in [2.05, 4.69) is 53.5 Å².